The zero-order valence-corrected chi connectivity index (χ0v) is 9.98. The molecule has 88 valence electrons. The highest BCUT2D eigenvalue weighted by Crippen LogP contribution is 2.21. The number of rotatable bonds is 5. The van der Waals surface area contributed by atoms with Crippen LogP contribution < -0.4 is 10.6 Å². The second-order valence-electron chi connectivity index (χ2n) is 3.71. The lowest BCUT2D eigenvalue weighted by Crippen LogP contribution is -2.23. The molecule has 0 aliphatic carbocycles. The average molecular weight is 228 g/mol. The topological polar surface area (TPSA) is 76.8 Å². The first kappa shape index (κ1) is 12.9. The first-order chi connectivity index (χ1) is 8.22. The third-order valence-electron chi connectivity index (χ3n) is 2.64. The summed E-state index contributed by atoms with van der Waals surface area (Å²) < 4.78 is 0. The standard InChI is InChI=1S/C13H16N4/c1-2-17(9-3-7-14)12-4-5-13(16)11(10-12)6-8-15/h4-5,10H,2-3,6,9,16H2,1H3. The lowest BCUT2D eigenvalue weighted by Gasteiger charge is -2.22. The number of nitriles is 2. The smallest absolute Gasteiger partial charge is 0.0670 e. The van der Waals surface area contributed by atoms with E-state index in [4.69, 9.17) is 16.3 Å². The Hall–Kier alpha value is -2.20. The zero-order valence-electron chi connectivity index (χ0n) is 9.98. The van der Waals surface area contributed by atoms with Gasteiger partial charge in [-0.25, -0.2) is 0 Å². The van der Waals surface area contributed by atoms with Gasteiger partial charge in [-0.2, -0.15) is 10.5 Å². The van der Waals surface area contributed by atoms with E-state index in [2.05, 4.69) is 17.0 Å². The number of anilines is 2. The Kier molecular flexibility index (Phi) is 4.84. The van der Waals surface area contributed by atoms with E-state index in [9.17, 15) is 0 Å². The van der Waals surface area contributed by atoms with Crippen molar-refractivity contribution < 1.29 is 0 Å². The van der Waals surface area contributed by atoms with Crippen molar-refractivity contribution in [1.29, 1.82) is 10.5 Å². The van der Waals surface area contributed by atoms with Gasteiger partial charge < -0.3 is 10.6 Å². The van der Waals surface area contributed by atoms with Crippen LogP contribution in [-0.2, 0) is 6.42 Å². The molecule has 0 aliphatic heterocycles. The lowest BCUT2D eigenvalue weighted by molar-refractivity contribution is 0.826. The molecular formula is C13H16N4. The fourth-order valence-corrected chi connectivity index (χ4v) is 1.68. The van der Waals surface area contributed by atoms with Gasteiger partial charge in [-0.1, -0.05) is 0 Å². The minimum absolute atomic E-state index is 0.315. The van der Waals surface area contributed by atoms with Crippen molar-refractivity contribution in [2.45, 2.75) is 19.8 Å². The van der Waals surface area contributed by atoms with Crippen LogP contribution in [0.25, 0.3) is 0 Å². The molecule has 1 aromatic rings. The van der Waals surface area contributed by atoms with Crippen molar-refractivity contribution >= 4 is 11.4 Å². The molecule has 0 aromatic heterocycles. The van der Waals surface area contributed by atoms with Crippen LogP contribution in [0.5, 0.6) is 0 Å². The van der Waals surface area contributed by atoms with Gasteiger partial charge in [0.05, 0.1) is 25.0 Å². The Morgan fingerprint density at radius 3 is 2.65 bits per heavy atom. The molecule has 0 unspecified atom stereocenters. The van der Waals surface area contributed by atoms with Crippen molar-refractivity contribution in [2.24, 2.45) is 0 Å². The predicted molar refractivity (Wildman–Crippen MR) is 68.3 cm³/mol. The van der Waals surface area contributed by atoms with Crippen LogP contribution in [0.4, 0.5) is 11.4 Å². The van der Waals surface area contributed by atoms with Crippen LogP contribution in [0.2, 0.25) is 0 Å². The molecule has 0 saturated carbocycles. The average Bonchev–Trinajstić information content (AvgIpc) is 2.34. The molecule has 0 fully saturated rings. The lowest BCUT2D eigenvalue weighted by atomic mass is 10.1. The molecule has 4 nitrogen and oxygen atoms in total. The van der Waals surface area contributed by atoms with Crippen molar-refractivity contribution in [3.63, 3.8) is 0 Å². The van der Waals surface area contributed by atoms with Gasteiger partial charge in [0.2, 0.25) is 0 Å². The van der Waals surface area contributed by atoms with Crippen LogP contribution >= 0.6 is 0 Å². The van der Waals surface area contributed by atoms with E-state index in [1.54, 1.807) is 0 Å². The van der Waals surface area contributed by atoms with Crippen molar-refractivity contribution in [3.05, 3.63) is 23.8 Å². The van der Waals surface area contributed by atoms with Crippen molar-refractivity contribution in [1.82, 2.24) is 0 Å². The molecule has 0 heterocycles. The minimum atomic E-state index is 0.315. The summed E-state index contributed by atoms with van der Waals surface area (Å²) >= 11 is 0. The number of nitrogen functional groups attached to an aromatic ring is 1. The Bertz CT molecular complexity index is 453. The molecule has 1 rings (SSSR count). The highest BCUT2D eigenvalue weighted by atomic mass is 15.1. The first-order valence-electron chi connectivity index (χ1n) is 5.60. The monoisotopic (exact) mass is 228 g/mol. The fraction of sp³-hybridized carbons (Fsp3) is 0.385. The predicted octanol–water partition coefficient (Wildman–Crippen LogP) is 2.07. The molecule has 0 bridgehead atoms. The van der Waals surface area contributed by atoms with E-state index >= 15 is 0 Å². The molecule has 0 saturated heterocycles. The quantitative estimate of drug-likeness (QED) is 0.783. The largest absolute Gasteiger partial charge is 0.398 e. The number of hydrogen-bond acceptors (Lipinski definition) is 4. The zero-order chi connectivity index (χ0) is 12.7. The van der Waals surface area contributed by atoms with Crippen LogP contribution in [0.3, 0.4) is 0 Å². The molecule has 0 aliphatic rings. The normalized spacial score (nSPS) is 9.35. The number of nitrogens with zero attached hydrogens (tertiary/aromatic N) is 3. The molecule has 0 spiro atoms. The van der Waals surface area contributed by atoms with Crippen LogP contribution in [0.15, 0.2) is 18.2 Å². The maximum absolute atomic E-state index is 8.71. The van der Waals surface area contributed by atoms with Crippen molar-refractivity contribution in [2.75, 3.05) is 23.7 Å². The van der Waals surface area contributed by atoms with Crippen LogP contribution in [-0.4, -0.2) is 13.1 Å². The Balaban J connectivity index is 2.93. The van der Waals surface area contributed by atoms with Gasteiger partial charge in [-0.3, -0.25) is 0 Å². The van der Waals surface area contributed by atoms with Gasteiger partial charge in [0.1, 0.15) is 0 Å². The Morgan fingerprint density at radius 2 is 2.06 bits per heavy atom. The third-order valence-corrected chi connectivity index (χ3v) is 2.64. The fourth-order valence-electron chi connectivity index (χ4n) is 1.68. The van der Waals surface area contributed by atoms with Gasteiger partial charge in [0.25, 0.3) is 0 Å². The number of nitrogens with two attached hydrogens (primary N) is 1. The van der Waals surface area contributed by atoms with Crippen LogP contribution in [0.1, 0.15) is 18.9 Å². The van der Waals surface area contributed by atoms with E-state index in [1.807, 2.05) is 25.1 Å². The van der Waals surface area contributed by atoms with E-state index in [0.717, 1.165) is 17.8 Å². The maximum atomic E-state index is 8.71. The Morgan fingerprint density at radius 1 is 1.29 bits per heavy atom. The highest BCUT2D eigenvalue weighted by molar-refractivity contribution is 5.59. The van der Waals surface area contributed by atoms with E-state index in [0.29, 0.717) is 25.1 Å². The molecule has 0 radical (unpaired) electrons. The number of hydrogen-bond donors (Lipinski definition) is 1. The van der Waals surface area contributed by atoms with Gasteiger partial charge in [0, 0.05) is 24.5 Å². The maximum Gasteiger partial charge on any atom is 0.0670 e. The summed E-state index contributed by atoms with van der Waals surface area (Å²) in [6.45, 7) is 3.57. The summed E-state index contributed by atoms with van der Waals surface area (Å²) in [5, 5.41) is 17.3. The van der Waals surface area contributed by atoms with Gasteiger partial charge in [-0.15, -0.1) is 0 Å². The summed E-state index contributed by atoms with van der Waals surface area (Å²) in [5.41, 5.74) is 8.30. The molecule has 17 heavy (non-hydrogen) atoms. The second kappa shape index (κ2) is 6.40. The summed E-state index contributed by atoms with van der Waals surface area (Å²) in [5.74, 6) is 0. The van der Waals surface area contributed by atoms with E-state index < -0.39 is 0 Å². The summed E-state index contributed by atoms with van der Waals surface area (Å²) in [4.78, 5) is 2.10. The minimum Gasteiger partial charge on any atom is -0.398 e. The van der Waals surface area contributed by atoms with Gasteiger partial charge in [0.15, 0.2) is 0 Å². The first-order valence-corrected chi connectivity index (χ1v) is 5.60. The van der Waals surface area contributed by atoms with Crippen molar-refractivity contribution in [3.8, 4) is 12.1 Å². The SMILES string of the molecule is CCN(CCC#N)c1ccc(N)c(CC#N)c1. The van der Waals surface area contributed by atoms with E-state index in [-0.39, 0.29) is 0 Å². The molecule has 0 amide bonds. The van der Waals surface area contributed by atoms with Crippen LogP contribution in [0, 0.1) is 22.7 Å². The summed E-state index contributed by atoms with van der Waals surface area (Å²) in [7, 11) is 0. The Labute approximate surface area is 102 Å². The van der Waals surface area contributed by atoms with Gasteiger partial charge in [-0.05, 0) is 30.7 Å². The molecule has 2 N–H and O–H groups in total. The molecule has 0 atom stereocenters. The highest BCUT2D eigenvalue weighted by Gasteiger charge is 2.06. The molecular weight excluding hydrogens is 212 g/mol. The summed E-state index contributed by atoms with van der Waals surface area (Å²) in [6.07, 6.45) is 0.807. The second-order valence-corrected chi connectivity index (χ2v) is 3.71. The summed E-state index contributed by atoms with van der Waals surface area (Å²) in [6, 6.07) is 9.91. The molecule has 1 aromatic carbocycles. The third kappa shape index (κ3) is 3.39. The molecule has 4 heteroatoms. The number of benzene rings is 1. The van der Waals surface area contributed by atoms with E-state index in [1.165, 1.54) is 0 Å². The van der Waals surface area contributed by atoms with Gasteiger partial charge >= 0.3 is 0 Å².